The molecule has 0 spiro atoms. The predicted molar refractivity (Wildman–Crippen MR) is 63.8 cm³/mol. The molecule has 3 heterocycles. The van der Waals surface area contributed by atoms with Gasteiger partial charge < -0.3 is 19.0 Å². The van der Waals surface area contributed by atoms with Crippen molar-refractivity contribution in [1.29, 1.82) is 0 Å². The van der Waals surface area contributed by atoms with Crippen LogP contribution in [0.1, 0.15) is 5.76 Å². The number of aromatic nitrogens is 1. The lowest BCUT2D eigenvalue weighted by atomic mass is 9.98. The van der Waals surface area contributed by atoms with Crippen molar-refractivity contribution < 1.29 is 13.9 Å². The van der Waals surface area contributed by atoms with Gasteiger partial charge in [0.25, 0.3) is 0 Å². The van der Waals surface area contributed by atoms with Gasteiger partial charge in [0.2, 0.25) is 0 Å². The number of likely N-dealkylation sites (N-methyl/N-ethyl adjacent to an activating group) is 1. The fraction of sp³-hybridized carbons (Fsp3) is 0.500. The second kappa shape index (κ2) is 4.13. The number of ether oxygens (including phenoxy) is 1. The number of amides is 2. The standard InChI is InChI=1S/C12H15N3O3/c1-14-10-5-15(12(14)16)8(6-17-2)3-9(10)11-4-13-7-18-11/h3-4,7-8,10H,5-6H2,1-2H3/t8-,10?/m0/s1. The van der Waals surface area contributed by atoms with Gasteiger partial charge in [-0.1, -0.05) is 6.08 Å². The summed E-state index contributed by atoms with van der Waals surface area (Å²) in [5.74, 6) is 0.724. The topological polar surface area (TPSA) is 58.8 Å². The zero-order valence-electron chi connectivity index (χ0n) is 10.4. The van der Waals surface area contributed by atoms with E-state index in [1.54, 1.807) is 18.2 Å². The van der Waals surface area contributed by atoms with Gasteiger partial charge in [-0.05, 0) is 0 Å². The number of oxazole rings is 1. The van der Waals surface area contributed by atoms with Crippen LogP contribution in [0.5, 0.6) is 0 Å². The average Bonchev–Trinajstić information content (AvgIpc) is 2.97. The SMILES string of the molecule is COC[C@@H]1C=C(c2cnco2)C2CN1C(=O)N2C. The van der Waals surface area contributed by atoms with E-state index in [1.807, 2.05) is 18.0 Å². The zero-order chi connectivity index (χ0) is 12.7. The van der Waals surface area contributed by atoms with Gasteiger partial charge >= 0.3 is 6.03 Å². The van der Waals surface area contributed by atoms with E-state index in [1.165, 1.54) is 6.39 Å². The van der Waals surface area contributed by atoms with Crippen LogP contribution < -0.4 is 0 Å². The molecule has 0 N–H and O–H groups in total. The molecule has 1 aromatic rings. The molecule has 1 saturated heterocycles. The summed E-state index contributed by atoms with van der Waals surface area (Å²) >= 11 is 0. The smallest absolute Gasteiger partial charge is 0.320 e. The van der Waals surface area contributed by atoms with Crippen LogP contribution in [0.2, 0.25) is 0 Å². The van der Waals surface area contributed by atoms with Gasteiger partial charge in [-0.25, -0.2) is 9.78 Å². The minimum absolute atomic E-state index is 0.0350. The first-order valence-corrected chi connectivity index (χ1v) is 5.85. The van der Waals surface area contributed by atoms with Gasteiger partial charge in [0.05, 0.1) is 24.9 Å². The Morgan fingerprint density at radius 2 is 2.44 bits per heavy atom. The summed E-state index contributed by atoms with van der Waals surface area (Å²) in [5.41, 5.74) is 1.01. The molecular weight excluding hydrogens is 234 g/mol. The lowest BCUT2D eigenvalue weighted by molar-refractivity contribution is 0.131. The predicted octanol–water partition coefficient (Wildman–Crippen LogP) is 0.823. The van der Waals surface area contributed by atoms with Crippen LogP contribution >= 0.6 is 0 Å². The first-order chi connectivity index (χ1) is 8.72. The van der Waals surface area contributed by atoms with E-state index in [4.69, 9.17) is 9.15 Å². The first-order valence-electron chi connectivity index (χ1n) is 5.85. The molecule has 18 heavy (non-hydrogen) atoms. The lowest BCUT2D eigenvalue weighted by Gasteiger charge is -2.28. The van der Waals surface area contributed by atoms with E-state index >= 15 is 0 Å². The molecule has 0 aromatic carbocycles. The lowest BCUT2D eigenvalue weighted by Crippen LogP contribution is -2.41. The maximum absolute atomic E-state index is 12.1. The third kappa shape index (κ3) is 1.53. The minimum atomic E-state index is -0.0381. The van der Waals surface area contributed by atoms with Crippen LogP contribution in [0.25, 0.3) is 5.57 Å². The highest BCUT2D eigenvalue weighted by Crippen LogP contribution is 2.34. The first kappa shape index (κ1) is 11.3. The molecule has 1 fully saturated rings. The van der Waals surface area contributed by atoms with Crippen LogP contribution in [0.4, 0.5) is 4.79 Å². The third-order valence-electron chi connectivity index (χ3n) is 3.57. The van der Waals surface area contributed by atoms with Crippen molar-refractivity contribution in [3.63, 3.8) is 0 Å². The monoisotopic (exact) mass is 249 g/mol. The van der Waals surface area contributed by atoms with Crippen LogP contribution in [-0.4, -0.2) is 60.2 Å². The number of carbonyl (C=O) groups is 1. The molecule has 1 aromatic heterocycles. The van der Waals surface area contributed by atoms with Gasteiger partial charge in [0, 0.05) is 26.3 Å². The number of urea groups is 1. The van der Waals surface area contributed by atoms with Crippen molar-refractivity contribution in [3.8, 4) is 0 Å². The molecule has 2 bridgehead atoms. The maximum Gasteiger partial charge on any atom is 0.320 e. The Balaban J connectivity index is 2.00. The van der Waals surface area contributed by atoms with Crippen LogP contribution in [-0.2, 0) is 4.74 Å². The highest BCUT2D eigenvalue weighted by molar-refractivity contribution is 5.85. The summed E-state index contributed by atoms with van der Waals surface area (Å²) in [7, 11) is 3.45. The van der Waals surface area contributed by atoms with E-state index in [0.29, 0.717) is 13.2 Å². The van der Waals surface area contributed by atoms with E-state index in [9.17, 15) is 4.79 Å². The Bertz CT molecular complexity index is 483. The highest BCUT2D eigenvalue weighted by atomic mass is 16.5. The number of nitrogens with zero attached hydrogens (tertiary/aromatic N) is 3. The molecule has 6 nitrogen and oxygen atoms in total. The molecule has 3 rings (SSSR count). The molecule has 0 aliphatic carbocycles. The van der Waals surface area contributed by atoms with Crippen molar-refractivity contribution in [3.05, 3.63) is 24.4 Å². The summed E-state index contributed by atoms with van der Waals surface area (Å²) in [6, 6.07) is 0.0372. The largest absolute Gasteiger partial charge is 0.444 e. The second-order valence-electron chi connectivity index (χ2n) is 4.57. The number of hydrogen-bond donors (Lipinski definition) is 0. The van der Waals surface area contributed by atoms with Gasteiger partial charge in [-0.3, -0.25) is 0 Å². The van der Waals surface area contributed by atoms with Gasteiger partial charge in [-0.2, -0.15) is 0 Å². The molecular formula is C12H15N3O3. The Hall–Kier alpha value is -1.82. The quantitative estimate of drug-likeness (QED) is 0.796. The fourth-order valence-corrected chi connectivity index (χ4v) is 2.63. The van der Waals surface area contributed by atoms with Crippen molar-refractivity contribution in [2.24, 2.45) is 0 Å². The molecule has 0 saturated carbocycles. The Labute approximate surface area is 105 Å². The molecule has 2 amide bonds. The Kier molecular flexibility index (Phi) is 2.59. The molecule has 2 aliphatic heterocycles. The third-order valence-corrected chi connectivity index (χ3v) is 3.57. The molecule has 0 radical (unpaired) electrons. The summed E-state index contributed by atoms with van der Waals surface area (Å²) in [4.78, 5) is 19.6. The van der Waals surface area contributed by atoms with Crippen molar-refractivity contribution in [1.82, 2.24) is 14.8 Å². The highest BCUT2D eigenvalue weighted by Gasteiger charge is 2.44. The summed E-state index contributed by atoms with van der Waals surface area (Å²) in [5, 5.41) is 0. The van der Waals surface area contributed by atoms with Crippen LogP contribution in [0.15, 0.2) is 23.1 Å². The Morgan fingerprint density at radius 1 is 1.61 bits per heavy atom. The molecule has 2 aliphatic rings. The van der Waals surface area contributed by atoms with Crippen molar-refractivity contribution in [2.75, 3.05) is 27.3 Å². The average molecular weight is 249 g/mol. The maximum atomic E-state index is 12.1. The van der Waals surface area contributed by atoms with E-state index < -0.39 is 0 Å². The molecule has 1 unspecified atom stereocenters. The van der Waals surface area contributed by atoms with E-state index in [2.05, 4.69) is 4.98 Å². The van der Waals surface area contributed by atoms with Gasteiger partial charge in [-0.15, -0.1) is 0 Å². The van der Waals surface area contributed by atoms with Crippen LogP contribution in [0.3, 0.4) is 0 Å². The van der Waals surface area contributed by atoms with Crippen molar-refractivity contribution in [2.45, 2.75) is 12.1 Å². The van der Waals surface area contributed by atoms with Crippen molar-refractivity contribution >= 4 is 11.6 Å². The Morgan fingerprint density at radius 3 is 3.11 bits per heavy atom. The summed E-state index contributed by atoms with van der Waals surface area (Å²) in [6.07, 6.45) is 5.13. The minimum Gasteiger partial charge on any atom is -0.444 e. The summed E-state index contributed by atoms with van der Waals surface area (Å²) < 4.78 is 10.5. The second-order valence-corrected chi connectivity index (χ2v) is 4.57. The van der Waals surface area contributed by atoms with E-state index in [0.717, 1.165) is 11.3 Å². The van der Waals surface area contributed by atoms with Crippen LogP contribution in [0, 0.1) is 0 Å². The fourth-order valence-electron chi connectivity index (χ4n) is 2.63. The number of fused-ring (bicyclic) bond motifs is 2. The van der Waals surface area contributed by atoms with E-state index in [-0.39, 0.29) is 18.1 Å². The molecule has 2 atom stereocenters. The van der Waals surface area contributed by atoms with Gasteiger partial charge in [0.1, 0.15) is 0 Å². The number of hydrogen-bond acceptors (Lipinski definition) is 4. The normalized spacial score (nSPS) is 26.8. The zero-order valence-corrected chi connectivity index (χ0v) is 10.4. The number of carbonyl (C=O) groups excluding carboxylic acids is 1. The molecule has 96 valence electrons. The van der Waals surface area contributed by atoms with Gasteiger partial charge in [0.15, 0.2) is 12.2 Å². The number of rotatable bonds is 3. The molecule has 6 heteroatoms. The summed E-state index contributed by atoms with van der Waals surface area (Å²) in [6.45, 7) is 1.17. The number of methoxy groups -OCH3 is 1.